The molecule has 1 aromatic carbocycles. The Labute approximate surface area is 154 Å². The molecule has 1 atom stereocenters. The monoisotopic (exact) mass is 364 g/mol. The van der Waals surface area contributed by atoms with Gasteiger partial charge in [0.1, 0.15) is 18.2 Å². The molecule has 26 heavy (non-hydrogen) atoms. The number of benzene rings is 1. The minimum Gasteiger partial charge on any atom is -0.458 e. The first-order chi connectivity index (χ1) is 12.3. The van der Waals surface area contributed by atoms with E-state index >= 15 is 0 Å². The summed E-state index contributed by atoms with van der Waals surface area (Å²) in [4.78, 5) is 34.3. The zero-order valence-electron chi connectivity index (χ0n) is 15.6. The SMILES string of the molecule is CC(C)(C)OC(=O)C(CCCCNC(=O)OCc1ccccc1)NC=O. The standard InChI is InChI=1S/C19H28N2O5/c1-19(2,3)26-17(23)16(21-14-22)11-7-8-12-20-18(24)25-13-15-9-5-4-6-10-15/h4-6,9-10,14,16H,7-8,11-13H2,1-3H3,(H,20,24)(H,21,22). The Hall–Kier alpha value is -2.57. The highest BCUT2D eigenvalue weighted by Gasteiger charge is 2.24. The lowest BCUT2D eigenvalue weighted by atomic mass is 10.1. The number of unbranched alkanes of at least 4 members (excludes halogenated alkanes) is 1. The molecule has 0 spiro atoms. The molecule has 2 N–H and O–H groups in total. The third kappa shape index (κ3) is 9.66. The summed E-state index contributed by atoms with van der Waals surface area (Å²) in [6.07, 6.45) is 1.75. The van der Waals surface area contributed by atoms with Crippen molar-refractivity contribution >= 4 is 18.5 Å². The highest BCUT2D eigenvalue weighted by atomic mass is 16.6. The highest BCUT2D eigenvalue weighted by Crippen LogP contribution is 2.11. The molecule has 0 aliphatic rings. The van der Waals surface area contributed by atoms with Crippen LogP contribution >= 0.6 is 0 Å². The normalized spacial score (nSPS) is 12.0. The van der Waals surface area contributed by atoms with Crippen LogP contribution in [0.25, 0.3) is 0 Å². The highest BCUT2D eigenvalue weighted by molar-refractivity contribution is 5.78. The third-order valence-electron chi connectivity index (χ3n) is 3.36. The average molecular weight is 364 g/mol. The molecule has 0 aliphatic heterocycles. The van der Waals surface area contributed by atoms with E-state index in [0.29, 0.717) is 32.2 Å². The zero-order valence-corrected chi connectivity index (χ0v) is 15.6. The summed E-state index contributed by atoms with van der Waals surface area (Å²) in [7, 11) is 0. The Bertz CT molecular complexity index is 569. The maximum absolute atomic E-state index is 12.0. The molecular weight excluding hydrogens is 336 g/mol. The van der Waals surface area contributed by atoms with E-state index in [1.54, 1.807) is 20.8 Å². The minimum atomic E-state index is -0.684. The maximum atomic E-state index is 12.0. The van der Waals surface area contributed by atoms with Gasteiger partial charge in [-0.15, -0.1) is 0 Å². The number of esters is 1. The molecule has 0 saturated carbocycles. The molecule has 0 heterocycles. The first-order valence-corrected chi connectivity index (χ1v) is 8.69. The first kappa shape index (κ1) is 21.5. The van der Waals surface area contributed by atoms with Gasteiger partial charge < -0.3 is 20.1 Å². The molecule has 0 bridgehead atoms. The van der Waals surface area contributed by atoms with Crippen LogP contribution in [0.2, 0.25) is 0 Å². The number of nitrogens with one attached hydrogen (secondary N) is 2. The summed E-state index contributed by atoms with van der Waals surface area (Å²) in [5.41, 5.74) is 0.312. The molecule has 0 aromatic heterocycles. The van der Waals surface area contributed by atoms with Crippen LogP contribution in [0.4, 0.5) is 4.79 Å². The van der Waals surface area contributed by atoms with E-state index in [0.717, 1.165) is 5.56 Å². The van der Waals surface area contributed by atoms with Gasteiger partial charge in [-0.1, -0.05) is 30.3 Å². The van der Waals surface area contributed by atoms with Gasteiger partial charge in [0, 0.05) is 6.54 Å². The minimum absolute atomic E-state index is 0.219. The molecule has 7 heteroatoms. The van der Waals surface area contributed by atoms with Crippen LogP contribution in [-0.2, 0) is 25.7 Å². The molecule has 144 valence electrons. The molecule has 0 radical (unpaired) electrons. The van der Waals surface area contributed by atoms with Crippen LogP contribution in [-0.4, -0.2) is 36.7 Å². The molecular formula is C19H28N2O5. The summed E-state index contributed by atoms with van der Waals surface area (Å²) in [6.45, 7) is 5.96. The molecule has 1 aromatic rings. The van der Waals surface area contributed by atoms with Crippen LogP contribution in [0, 0.1) is 0 Å². The van der Waals surface area contributed by atoms with Crippen molar-refractivity contribution < 1.29 is 23.9 Å². The Morgan fingerprint density at radius 2 is 1.85 bits per heavy atom. The maximum Gasteiger partial charge on any atom is 0.407 e. The van der Waals surface area contributed by atoms with Crippen molar-refractivity contribution in [1.82, 2.24) is 10.6 Å². The lowest BCUT2D eigenvalue weighted by Crippen LogP contribution is -2.40. The Morgan fingerprint density at radius 1 is 1.15 bits per heavy atom. The molecule has 2 amide bonds. The Balaban J connectivity index is 2.21. The number of amides is 2. The van der Waals surface area contributed by atoms with Gasteiger partial charge in [-0.25, -0.2) is 9.59 Å². The van der Waals surface area contributed by atoms with Crippen molar-refractivity contribution in [3.05, 3.63) is 35.9 Å². The van der Waals surface area contributed by atoms with Crippen LogP contribution in [0.5, 0.6) is 0 Å². The zero-order chi connectivity index (χ0) is 19.4. The fourth-order valence-electron chi connectivity index (χ4n) is 2.16. The second-order valence-corrected chi connectivity index (χ2v) is 6.85. The van der Waals surface area contributed by atoms with Gasteiger partial charge in [-0.2, -0.15) is 0 Å². The lowest BCUT2D eigenvalue weighted by Gasteiger charge is -2.23. The largest absolute Gasteiger partial charge is 0.458 e. The van der Waals surface area contributed by atoms with Crippen molar-refractivity contribution in [2.45, 2.75) is 58.3 Å². The van der Waals surface area contributed by atoms with Gasteiger partial charge in [0.25, 0.3) is 0 Å². The topological polar surface area (TPSA) is 93.7 Å². The van der Waals surface area contributed by atoms with Crippen molar-refractivity contribution in [2.24, 2.45) is 0 Å². The van der Waals surface area contributed by atoms with E-state index < -0.39 is 23.7 Å². The van der Waals surface area contributed by atoms with Gasteiger partial charge in [0.05, 0.1) is 0 Å². The summed E-state index contributed by atoms with van der Waals surface area (Å²) in [6, 6.07) is 8.73. The van der Waals surface area contributed by atoms with E-state index in [9.17, 15) is 14.4 Å². The Morgan fingerprint density at radius 3 is 2.46 bits per heavy atom. The van der Waals surface area contributed by atoms with Gasteiger partial charge in [-0.3, -0.25) is 4.79 Å². The number of alkyl carbamates (subject to hydrolysis) is 1. The summed E-state index contributed by atoms with van der Waals surface area (Å²) < 4.78 is 10.4. The predicted octanol–water partition coefficient (Wildman–Crippen LogP) is 2.54. The number of hydrogen-bond donors (Lipinski definition) is 2. The molecule has 0 saturated heterocycles. The summed E-state index contributed by atoms with van der Waals surface area (Å²) >= 11 is 0. The number of hydrogen-bond acceptors (Lipinski definition) is 5. The fourth-order valence-corrected chi connectivity index (χ4v) is 2.16. The number of ether oxygens (including phenoxy) is 2. The van der Waals surface area contributed by atoms with Crippen LogP contribution < -0.4 is 10.6 Å². The fraction of sp³-hybridized carbons (Fsp3) is 0.526. The second kappa shape index (κ2) is 11.1. The van der Waals surface area contributed by atoms with Crippen molar-refractivity contribution in [1.29, 1.82) is 0 Å². The lowest BCUT2D eigenvalue weighted by molar-refractivity contribution is -0.158. The molecule has 0 fully saturated rings. The van der Waals surface area contributed by atoms with E-state index in [4.69, 9.17) is 9.47 Å². The van der Waals surface area contributed by atoms with E-state index in [1.807, 2.05) is 30.3 Å². The smallest absolute Gasteiger partial charge is 0.407 e. The summed E-state index contributed by atoms with van der Waals surface area (Å²) in [5.74, 6) is -0.458. The molecule has 1 rings (SSSR count). The molecule has 1 unspecified atom stereocenters. The number of rotatable bonds is 10. The van der Waals surface area contributed by atoms with Crippen LogP contribution in [0.15, 0.2) is 30.3 Å². The number of carbonyl (C=O) groups is 3. The van der Waals surface area contributed by atoms with Gasteiger partial charge in [0.15, 0.2) is 0 Å². The van der Waals surface area contributed by atoms with E-state index in [1.165, 1.54) is 0 Å². The van der Waals surface area contributed by atoms with Crippen molar-refractivity contribution in [3.8, 4) is 0 Å². The van der Waals surface area contributed by atoms with E-state index in [2.05, 4.69) is 10.6 Å². The number of carbonyl (C=O) groups excluding carboxylic acids is 3. The molecule has 0 aliphatic carbocycles. The van der Waals surface area contributed by atoms with E-state index in [-0.39, 0.29) is 6.61 Å². The second-order valence-electron chi connectivity index (χ2n) is 6.85. The van der Waals surface area contributed by atoms with Crippen molar-refractivity contribution in [3.63, 3.8) is 0 Å². The van der Waals surface area contributed by atoms with Gasteiger partial charge in [0.2, 0.25) is 6.41 Å². The van der Waals surface area contributed by atoms with Crippen LogP contribution in [0.1, 0.15) is 45.6 Å². The molecule has 7 nitrogen and oxygen atoms in total. The van der Waals surface area contributed by atoms with Gasteiger partial charge in [-0.05, 0) is 45.6 Å². The summed E-state index contributed by atoms with van der Waals surface area (Å²) in [5, 5.41) is 5.13. The van der Waals surface area contributed by atoms with Crippen LogP contribution in [0.3, 0.4) is 0 Å². The third-order valence-corrected chi connectivity index (χ3v) is 3.36. The Kier molecular flexibility index (Phi) is 9.19. The van der Waals surface area contributed by atoms with Crippen molar-refractivity contribution in [2.75, 3.05) is 6.54 Å². The first-order valence-electron chi connectivity index (χ1n) is 8.69. The van der Waals surface area contributed by atoms with Gasteiger partial charge >= 0.3 is 12.1 Å². The quantitative estimate of drug-likeness (QED) is 0.378. The predicted molar refractivity (Wildman–Crippen MR) is 97.3 cm³/mol. The average Bonchev–Trinajstić information content (AvgIpc) is 2.58.